The largest absolute Gasteiger partial charge is 0.453 e. The maximum absolute atomic E-state index is 11.5. The minimum Gasteiger partial charge on any atom is -0.453 e. The van der Waals surface area contributed by atoms with Crippen LogP contribution >= 0.6 is 22.6 Å². The number of nitrogens with one attached hydrogen (secondary N) is 1. The number of carbonyl (C=O) groups is 1. The van der Waals surface area contributed by atoms with E-state index in [1.807, 2.05) is 13.8 Å². The summed E-state index contributed by atoms with van der Waals surface area (Å²) in [7, 11) is 4.30. The van der Waals surface area contributed by atoms with E-state index < -0.39 is 30.3 Å². The molecule has 1 saturated heterocycles. The molecule has 1 N–H and O–H groups in total. The van der Waals surface area contributed by atoms with Crippen molar-refractivity contribution in [3.63, 3.8) is 0 Å². The summed E-state index contributed by atoms with van der Waals surface area (Å²) in [5.41, 5.74) is 0. The molecule has 0 aromatic heterocycles. The van der Waals surface area contributed by atoms with Gasteiger partial charge in [-0.1, -0.05) is 22.6 Å². The number of hydrogen-bond donors (Lipinski definition) is 1. The van der Waals surface area contributed by atoms with E-state index in [-0.39, 0.29) is 6.10 Å². The first kappa shape index (κ1) is 17.9. The molecule has 7 nitrogen and oxygen atoms in total. The highest BCUT2D eigenvalue weighted by Crippen LogP contribution is 2.32. The second-order valence-electron chi connectivity index (χ2n) is 4.79. The van der Waals surface area contributed by atoms with E-state index in [0.717, 1.165) is 0 Å². The van der Waals surface area contributed by atoms with Gasteiger partial charge in [0.25, 0.3) is 0 Å². The number of hydrogen-bond acceptors (Lipinski definition) is 6. The summed E-state index contributed by atoms with van der Waals surface area (Å²) in [5.74, 6) is -0.720. The third-order valence-electron chi connectivity index (χ3n) is 2.96. The second kappa shape index (κ2) is 7.74. The SMILES string of the molecule is COC(=O)N[C@@H](C(OC)OC)[C@H]1OC(C)(C)O[C@@H]1CI. The van der Waals surface area contributed by atoms with Crippen molar-refractivity contribution in [2.75, 3.05) is 25.8 Å². The first-order valence-corrected chi connectivity index (χ1v) is 7.72. The molecule has 0 radical (unpaired) electrons. The fourth-order valence-corrected chi connectivity index (χ4v) is 2.86. The van der Waals surface area contributed by atoms with Gasteiger partial charge in [-0.3, -0.25) is 0 Å². The number of methoxy groups -OCH3 is 3. The van der Waals surface area contributed by atoms with Crippen molar-refractivity contribution < 1.29 is 28.5 Å². The number of alkyl halides is 1. The minimum absolute atomic E-state index is 0.180. The summed E-state index contributed by atoms with van der Waals surface area (Å²) in [6.07, 6.45) is -1.82. The third kappa shape index (κ3) is 4.42. The highest BCUT2D eigenvalue weighted by molar-refractivity contribution is 14.1. The van der Waals surface area contributed by atoms with Gasteiger partial charge in [0, 0.05) is 18.6 Å². The van der Waals surface area contributed by atoms with Gasteiger partial charge in [0.05, 0.1) is 13.2 Å². The van der Waals surface area contributed by atoms with E-state index in [2.05, 4.69) is 32.6 Å². The molecule has 0 unspecified atom stereocenters. The van der Waals surface area contributed by atoms with Gasteiger partial charge < -0.3 is 29.0 Å². The zero-order chi connectivity index (χ0) is 15.3. The first-order valence-electron chi connectivity index (χ1n) is 6.20. The highest BCUT2D eigenvalue weighted by Gasteiger charge is 2.48. The highest BCUT2D eigenvalue weighted by atomic mass is 127. The Labute approximate surface area is 132 Å². The van der Waals surface area contributed by atoms with Gasteiger partial charge in [-0.25, -0.2) is 4.79 Å². The van der Waals surface area contributed by atoms with Crippen LogP contribution in [0.3, 0.4) is 0 Å². The molecule has 0 aromatic rings. The topological polar surface area (TPSA) is 75.3 Å². The van der Waals surface area contributed by atoms with Gasteiger partial charge in [-0.05, 0) is 13.8 Å². The van der Waals surface area contributed by atoms with Crippen molar-refractivity contribution in [3.05, 3.63) is 0 Å². The number of rotatable bonds is 6. The molecule has 8 heteroatoms. The van der Waals surface area contributed by atoms with E-state index in [4.69, 9.17) is 18.9 Å². The summed E-state index contributed by atoms with van der Waals surface area (Å²) in [5, 5.41) is 2.69. The summed E-state index contributed by atoms with van der Waals surface area (Å²) in [6, 6.07) is -0.543. The maximum Gasteiger partial charge on any atom is 0.407 e. The van der Waals surface area contributed by atoms with Crippen LogP contribution in [0.15, 0.2) is 0 Å². The molecule has 1 aliphatic rings. The Morgan fingerprint density at radius 1 is 1.30 bits per heavy atom. The molecule has 0 bridgehead atoms. The summed E-state index contributed by atoms with van der Waals surface area (Å²) >= 11 is 2.21. The van der Waals surface area contributed by atoms with Crippen LogP contribution in [0, 0.1) is 0 Å². The van der Waals surface area contributed by atoms with Crippen LogP contribution in [-0.4, -0.2) is 62.2 Å². The third-order valence-corrected chi connectivity index (χ3v) is 3.82. The molecule has 1 rings (SSSR count). The zero-order valence-corrected chi connectivity index (χ0v) is 14.5. The first-order chi connectivity index (χ1) is 9.38. The van der Waals surface area contributed by atoms with Crippen LogP contribution in [0.25, 0.3) is 0 Å². The number of alkyl carbamates (subject to hydrolysis) is 1. The summed E-state index contributed by atoms with van der Waals surface area (Å²) in [4.78, 5) is 11.5. The fraction of sp³-hybridized carbons (Fsp3) is 0.917. The Bertz CT molecular complexity index is 323. The maximum atomic E-state index is 11.5. The normalized spacial score (nSPS) is 26.6. The lowest BCUT2D eigenvalue weighted by Crippen LogP contribution is -2.55. The average Bonchev–Trinajstić information content (AvgIpc) is 2.73. The molecule has 0 aliphatic carbocycles. The number of carbonyl (C=O) groups excluding carboxylic acids is 1. The summed E-state index contributed by atoms with van der Waals surface area (Å²) < 4.78 is 27.6. The molecule has 0 saturated carbocycles. The zero-order valence-electron chi connectivity index (χ0n) is 12.3. The van der Waals surface area contributed by atoms with Crippen LogP contribution in [0.4, 0.5) is 4.79 Å². The van der Waals surface area contributed by atoms with E-state index in [9.17, 15) is 4.79 Å². The predicted octanol–water partition coefficient (Wildman–Crippen LogP) is 1.28. The predicted molar refractivity (Wildman–Crippen MR) is 79.8 cm³/mol. The molecule has 0 aromatic carbocycles. The molecule has 118 valence electrons. The van der Waals surface area contributed by atoms with Crippen molar-refractivity contribution in [1.29, 1.82) is 0 Å². The van der Waals surface area contributed by atoms with E-state index in [0.29, 0.717) is 4.43 Å². The van der Waals surface area contributed by atoms with Gasteiger partial charge >= 0.3 is 6.09 Å². The number of halogens is 1. The fourth-order valence-electron chi connectivity index (χ4n) is 2.18. The quantitative estimate of drug-likeness (QED) is 0.409. The molecule has 1 aliphatic heterocycles. The minimum atomic E-state index is -0.720. The van der Waals surface area contributed by atoms with Crippen molar-refractivity contribution in [2.24, 2.45) is 0 Å². The molecular formula is C12H22INO6. The Balaban J connectivity index is 2.93. The molecule has 0 spiro atoms. The Morgan fingerprint density at radius 2 is 1.90 bits per heavy atom. The Morgan fingerprint density at radius 3 is 2.35 bits per heavy atom. The van der Waals surface area contributed by atoms with Crippen molar-refractivity contribution in [1.82, 2.24) is 5.32 Å². The van der Waals surface area contributed by atoms with E-state index in [1.54, 1.807) is 0 Å². The van der Waals surface area contributed by atoms with Crippen molar-refractivity contribution >= 4 is 28.7 Å². The standard InChI is InChI=1S/C12H22INO6/c1-12(2)19-7(6-13)9(20-12)8(10(16-3)17-4)14-11(15)18-5/h7-10H,6H2,1-5H3,(H,14,15)/t7-,8-,9+/m1/s1. The van der Waals surface area contributed by atoms with Crippen LogP contribution in [0.5, 0.6) is 0 Å². The summed E-state index contributed by atoms with van der Waals surface area (Å²) in [6.45, 7) is 3.66. The van der Waals surface area contributed by atoms with Gasteiger partial charge in [0.1, 0.15) is 12.1 Å². The van der Waals surface area contributed by atoms with Crippen LogP contribution in [-0.2, 0) is 23.7 Å². The van der Waals surface area contributed by atoms with E-state index in [1.165, 1.54) is 21.3 Å². The van der Waals surface area contributed by atoms with Crippen LogP contribution in [0.2, 0.25) is 0 Å². The van der Waals surface area contributed by atoms with Crippen molar-refractivity contribution in [2.45, 2.75) is 44.2 Å². The van der Waals surface area contributed by atoms with Gasteiger partial charge in [0.15, 0.2) is 12.1 Å². The smallest absolute Gasteiger partial charge is 0.407 e. The number of amides is 1. The van der Waals surface area contributed by atoms with Crippen LogP contribution < -0.4 is 5.32 Å². The average molecular weight is 403 g/mol. The number of ether oxygens (including phenoxy) is 5. The van der Waals surface area contributed by atoms with Crippen LogP contribution in [0.1, 0.15) is 13.8 Å². The van der Waals surface area contributed by atoms with Crippen molar-refractivity contribution in [3.8, 4) is 0 Å². The molecule has 20 heavy (non-hydrogen) atoms. The van der Waals surface area contributed by atoms with Gasteiger partial charge in [-0.2, -0.15) is 0 Å². The molecule has 1 amide bonds. The second-order valence-corrected chi connectivity index (χ2v) is 5.68. The monoisotopic (exact) mass is 403 g/mol. The van der Waals surface area contributed by atoms with Gasteiger partial charge in [-0.15, -0.1) is 0 Å². The van der Waals surface area contributed by atoms with E-state index >= 15 is 0 Å². The molecule has 3 atom stereocenters. The van der Waals surface area contributed by atoms with Gasteiger partial charge in [0.2, 0.25) is 0 Å². The lowest BCUT2D eigenvalue weighted by Gasteiger charge is -2.31. The molecule has 1 heterocycles. The molecular weight excluding hydrogens is 381 g/mol. The Kier molecular flexibility index (Phi) is 6.92. The Hall–Kier alpha value is -0.160. The lowest BCUT2D eigenvalue weighted by atomic mass is 10.1. The lowest BCUT2D eigenvalue weighted by molar-refractivity contribution is -0.172. The molecule has 1 fully saturated rings.